The molecule has 0 radical (unpaired) electrons. The zero-order valence-corrected chi connectivity index (χ0v) is 10.3. The summed E-state index contributed by atoms with van der Waals surface area (Å²) >= 11 is 1.58. The molecule has 90 valence electrons. The van der Waals surface area contributed by atoms with E-state index < -0.39 is 0 Å². The van der Waals surface area contributed by atoms with Gasteiger partial charge in [-0.15, -0.1) is 11.8 Å². The molecule has 1 amide bonds. The molecule has 1 aliphatic heterocycles. The number of amides is 1. The molecule has 2 aliphatic rings. The van der Waals surface area contributed by atoms with Crippen molar-refractivity contribution in [2.75, 3.05) is 17.7 Å². The molecular formula is C13H15NO2S. The van der Waals surface area contributed by atoms with Gasteiger partial charge in [0.25, 0.3) is 0 Å². The summed E-state index contributed by atoms with van der Waals surface area (Å²) in [5.74, 6) is 0.579. The number of nitrogens with one attached hydrogen (secondary N) is 1. The molecule has 0 bridgehead atoms. The molecule has 0 unspecified atom stereocenters. The molecule has 4 heteroatoms. The van der Waals surface area contributed by atoms with E-state index in [1.54, 1.807) is 11.8 Å². The van der Waals surface area contributed by atoms with E-state index in [0.717, 1.165) is 29.8 Å². The summed E-state index contributed by atoms with van der Waals surface area (Å²) in [6.07, 6.45) is 3.14. The Labute approximate surface area is 105 Å². The van der Waals surface area contributed by atoms with E-state index in [4.69, 9.17) is 0 Å². The largest absolute Gasteiger partial charge is 0.396 e. The van der Waals surface area contributed by atoms with Gasteiger partial charge in [0, 0.05) is 11.5 Å². The number of aliphatic hydroxyl groups excluding tert-OH is 1. The van der Waals surface area contributed by atoms with Gasteiger partial charge in [-0.2, -0.15) is 0 Å². The van der Waals surface area contributed by atoms with Crippen LogP contribution in [0.15, 0.2) is 23.1 Å². The average Bonchev–Trinajstić information content (AvgIpc) is 3.09. The topological polar surface area (TPSA) is 49.3 Å². The van der Waals surface area contributed by atoms with Crippen molar-refractivity contribution in [3.63, 3.8) is 0 Å². The summed E-state index contributed by atoms with van der Waals surface area (Å²) in [4.78, 5) is 12.5. The molecule has 0 atom stereocenters. The third-order valence-corrected chi connectivity index (χ3v) is 4.62. The molecule has 17 heavy (non-hydrogen) atoms. The van der Waals surface area contributed by atoms with Crippen LogP contribution in [-0.2, 0) is 11.2 Å². The molecule has 3 rings (SSSR count). The summed E-state index contributed by atoms with van der Waals surface area (Å²) < 4.78 is 0. The van der Waals surface area contributed by atoms with Gasteiger partial charge in [-0.1, -0.05) is 6.07 Å². The quantitative estimate of drug-likeness (QED) is 0.862. The molecule has 0 saturated heterocycles. The summed E-state index contributed by atoms with van der Waals surface area (Å²) in [6, 6.07) is 6.23. The minimum Gasteiger partial charge on any atom is -0.396 e. The maximum Gasteiger partial charge on any atom is 0.234 e. The summed E-state index contributed by atoms with van der Waals surface area (Å²) in [6.45, 7) is 0.269. The molecule has 1 saturated carbocycles. The van der Waals surface area contributed by atoms with Crippen LogP contribution in [0.1, 0.15) is 18.4 Å². The van der Waals surface area contributed by atoms with Crippen LogP contribution < -0.4 is 5.32 Å². The standard InChI is InChI=1S/C13H15NO2S/c15-8-13(3-4-13)6-9-1-2-11-10(5-9)14-12(16)7-17-11/h1-2,5,15H,3-4,6-8H2,(H,14,16). The van der Waals surface area contributed by atoms with E-state index in [9.17, 15) is 9.90 Å². The van der Waals surface area contributed by atoms with Crippen molar-refractivity contribution >= 4 is 23.4 Å². The second-order valence-corrected chi connectivity index (χ2v) is 6.02. The van der Waals surface area contributed by atoms with Gasteiger partial charge in [-0.05, 0) is 42.4 Å². The van der Waals surface area contributed by atoms with E-state index in [1.807, 2.05) is 0 Å². The Morgan fingerprint density at radius 3 is 2.94 bits per heavy atom. The summed E-state index contributed by atoms with van der Waals surface area (Å²) in [7, 11) is 0. The van der Waals surface area contributed by atoms with Gasteiger partial charge in [0.05, 0.1) is 11.4 Å². The van der Waals surface area contributed by atoms with Crippen LogP contribution in [0, 0.1) is 5.41 Å². The van der Waals surface area contributed by atoms with Gasteiger partial charge in [-0.25, -0.2) is 0 Å². The normalized spacial score (nSPS) is 20.6. The molecule has 3 nitrogen and oxygen atoms in total. The highest BCUT2D eigenvalue weighted by Gasteiger charge is 2.41. The third kappa shape index (κ3) is 2.19. The number of rotatable bonds is 3. The number of carbonyl (C=O) groups excluding carboxylic acids is 1. The minimum atomic E-state index is 0.0722. The number of aliphatic hydroxyl groups is 1. The number of carbonyl (C=O) groups is 1. The Morgan fingerprint density at radius 1 is 1.41 bits per heavy atom. The fourth-order valence-corrected chi connectivity index (χ4v) is 3.03. The van der Waals surface area contributed by atoms with Crippen molar-refractivity contribution in [3.05, 3.63) is 23.8 Å². The van der Waals surface area contributed by atoms with Crippen LogP contribution in [0.25, 0.3) is 0 Å². The molecule has 1 aliphatic carbocycles. The first-order chi connectivity index (χ1) is 8.21. The lowest BCUT2D eigenvalue weighted by atomic mass is 9.97. The van der Waals surface area contributed by atoms with E-state index in [2.05, 4.69) is 23.5 Å². The lowest BCUT2D eigenvalue weighted by Crippen LogP contribution is -2.19. The van der Waals surface area contributed by atoms with E-state index in [1.165, 1.54) is 5.56 Å². The van der Waals surface area contributed by atoms with Gasteiger partial charge >= 0.3 is 0 Å². The summed E-state index contributed by atoms with van der Waals surface area (Å²) in [5.41, 5.74) is 2.26. The number of benzene rings is 1. The van der Waals surface area contributed by atoms with Crippen molar-refractivity contribution in [2.24, 2.45) is 5.41 Å². The SMILES string of the molecule is O=C1CSc2ccc(CC3(CO)CC3)cc2N1. The lowest BCUT2D eigenvalue weighted by molar-refractivity contribution is -0.113. The number of hydrogen-bond donors (Lipinski definition) is 2. The zero-order valence-electron chi connectivity index (χ0n) is 9.53. The van der Waals surface area contributed by atoms with E-state index in [0.29, 0.717) is 5.75 Å². The Morgan fingerprint density at radius 2 is 2.24 bits per heavy atom. The average molecular weight is 249 g/mol. The number of fused-ring (bicyclic) bond motifs is 1. The van der Waals surface area contributed by atoms with Gasteiger partial charge in [0.15, 0.2) is 0 Å². The monoisotopic (exact) mass is 249 g/mol. The van der Waals surface area contributed by atoms with Crippen LogP contribution >= 0.6 is 11.8 Å². The second kappa shape index (κ2) is 4.03. The first kappa shape index (κ1) is 11.1. The van der Waals surface area contributed by atoms with E-state index in [-0.39, 0.29) is 17.9 Å². The van der Waals surface area contributed by atoms with Crippen molar-refractivity contribution in [3.8, 4) is 0 Å². The Hall–Kier alpha value is -1.00. The van der Waals surface area contributed by atoms with Gasteiger partial charge in [0.2, 0.25) is 5.91 Å². The molecular weight excluding hydrogens is 234 g/mol. The molecule has 0 spiro atoms. The van der Waals surface area contributed by atoms with Crippen LogP contribution in [0.5, 0.6) is 0 Å². The van der Waals surface area contributed by atoms with Gasteiger partial charge < -0.3 is 10.4 Å². The van der Waals surface area contributed by atoms with Crippen molar-refractivity contribution in [1.29, 1.82) is 0 Å². The highest BCUT2D eigenvalue weighted by Crippen LogP contribution is 2.48. The van der Waals surface area contributed by atoms with Crippen molar-refractivity contribution < 1.29 is 9.90 Å². The molecule has 1 aromatic carbocycles. The minimum absolute atomic E-state index is 0.0722. The maximum atomic E-state index is 11.3. The van der Waals surface area contributed by atoms with Crippen molar-refractivity contribution in [2.45, 2.75) is 24.2 Å². The molecule has 1 heterocycles. The fourth-order valence-electron chi connectivity index (χ4n) is 2.24. The molecule has 1 fully saturated rings. The highest BCUT2D eigenvalue weighted by atomic mass is 32.2. The second-order valence-electron chi connectivity index (χ2n) is 5.00. The van der Waals surface area contributed by atoms with Gasteiger partial charge in [0.1, 0.15) is 0 Å². The van der Waals surface area contributed by atoms with E-state index >= 15 is 0 Å². The molecule has 1 aromatic rings. The van der Waals surface area contributed by atoms with Gasteiger partial charge in [-0.3, -0.25) is 4.79 Å². The maximum absolute atomic E-state index is 11.3. The Kier molecular flexibility index (Phi) is 2.64. The van der Waals surface area contributed by atoms with Crippen LogP contribution in [-0.4, -0.2) is 23.4 Å². The molecule has 2 N–H and O–H groups in total. The number of thioether (sulfide) groups is 1. The highest BCUT2D eigenvalue weighted by molar-refractivity contribution is 8.00. The predicted octanol–water partition coefficient (Wildman–Crippen LogP) is 2.05. The zero-order chi connectivity index (χ0) is 11.9. The van der Waals surface area contributed by atoms with Crippen LogP contribution in [0.2, 0.25) is 0 Å². The number of anilines is 1. The smallest absolute Gasteiger partial charge is 0.234 e. The molecule has 0 aromatic heterocycles. The third-order valence-electron chi connectivity index (χ3n) is 3.55. The fraction of sp³-hybridized carbons (Fsp3) is 0.462. The summed E-state index contributed by atoms with van der Waals surface area (Å²) in [5, 5.41) is 12.2. The van der Waals surface area contributed by atoms with Crippen LogP contribution in [0.3, 0.4) is 0 Å². The number of hydrogen-bond acceptors (Lipinski definition) is 3. The van der Waals surface area contributed by atoms with Crippen LogP contribution in [0.4, 0.5) is 5.69 Å². The first-order valence-corrected chi connectivity index (χ1v) is 6.86. The lowest BCUT2D eigenvalue weighted by Gasteiger charge is -2.18. The first-order valence-electron chi connectivity index (χ1n) is 5.87. The Balaban J connectivity index is 1.83. The predicted molar refractivity (Wildman–Crippen MR) is 68.3 cm³/mol. The van der Waals surface area contributed by atoms with Crippen molar-refractivity contribution in [1.82, 2.24) is 0 Å². The Bertz CT molecular complexity index is 468.